The molecule has 0 fully saturated rings. The Morgan fingerprint density at radius 3 is 2.93 bits per heavy atom. The molecule has 1 unspecified atom stereocenters. The van der Waals surface area contributed by atoms with Crippen LogP contribution < -0.4 is 0 Å². The SMILES string of the molecule is CC(C=O)Cc1ccc(F)cc1C#N. The average molecular weight is 191 g/mol. The van der Waals surface area contributed by atoms with E-state index in [1.807, 2.05) is 6.07 Å². The summed E-state index contributed by atoms with van der Waals surface area (Å²) >= 11 is 0. The number of rotatable bonds is 3. The lowest BCUT2D eigenvalue weighted by molar-refractivity contribution is -0.110. The lowest BCUT2D eigenvalue weighted by Crippen LogP contribution is -2.02. The van der Waals surface area contributed by atoms with E-state index in [1.165, 1.54) is 12.1 Å². The average Bonchev–Trinajstić information content (AvgIpc) is 2.20. The molecular formula is C11H10FNO. The van der Waals surface area contributed by atoms with Gasteiger partial charge in [0.15, 0.2) is 0 Å². The van der Waals surface area contributed by atoms with E-state index in [2.05, 4.69) is 0 Å². The molecule has 1 rings (SSSR count). The lowest BCUT2D eigenvalue weighted by Gasteiger charge is -2.05. The van der Waals surface area contributed by atoms with E-state index in [9.17, 15) is 9.18 Å². The van der Waals surface area contributed by atoms with Gasteiger partial charge in [-0.25, -0.2) is 4.39 Å². The highest BCUT2D eigenvalue weighted by Gasteiger charge is 2.07. The highest BCUT2D eigenvalue weighted by molar-refractivity contribution is 5.54. The maximum atomic E-state index is 12.7. The van der Waals surface area contributed by atoms with Crippen LogP contribution in [0.15, 0.2) is 18.2 Å². The zero-order valence-corrected chi connectivity index (χ0v) is 7.83. The van der Waals surface area contributed by atoms with Crippen LogP contribution in [0.1, 0.15) is 18.1 Å². The largest absolute Gasteiger partial charge is 0.303 e. The number of carbonyl (C=O) groups excluding carboxylic acids is 1. The van der Waals surface area contributed by atoms with Gasteiger partial charge < -0.3 is 4.79 Å². The van der Waals surface area contributed by atoms with Crippen LogP contribution in [0.2, 0.25) is 0 Å². The Balaban J connectivity index is 2.98. The first kappa shape index (κ1) is 10.4. The molecule has 3 heteroatoms. The Labute approximate surface area is 82.0 Å². The van der Waals surface area contributed by atoms with Gasteiger partial charge in [0, 0.05) is 5.92 Å². The predicted molar refractivity (Wildman–Crippen MR) is 50.0 cm³/mol. The van der Waals surface area contributed by atoms with Crippen molar-refractivity contribution in [3.05, 3.63) is 35.1 Å². The number of carbonyl (C=O) groups is 1. The van der Waals surface area contributed by atoms with Gasteiger partial charge in [-0.2, -0.15) is 5.26 Å². The molecule has 14 heavy (non-hydrogen) atoms. The van der Waals surface area contributed by atoms with Gasteiger partial charge in [-0.1, -0.05) is 13.0 Å². The van der Waals surface area contributed by atoms with Crippen LogP contribution in [0.25, 0.3) is 0 Å². The number of nitriles is 1. The minimum atomic E-state index is -0.427. The van der Waals surface area contributed by atoms with E-state index in [1.54, 1.807) is 13.0 Å². The fourth-order valence-corrected chi connectivity index (χ4v) is 1.23. The number of benzene rings is 1. The third kappa shape index (κ3) is 2.40. The van der Waals surface area contributed by atoms with Crippen molar-refractivity contribution < 1.29 is 9.18 Å². The van der Waals surface area contributed by atoms with Crippen molar-refractivity contribution in [1.29, 1.82) is 5.26 Å². The monoisotopic (exact) mass is 191 g/mol. The molecule has 0 saturated carbocycles. The molecule has 0 aliphatic rings. The molecule has 0 spiro atoms. The minimum Gasteiger partial charge on any atom is -0.303 e. The number of nitrogens with zero attached hydrogens (tertiary/aromatic N) is 1. The maximum Gasteiger partial charge on any atom is 0.124 e. The molecule has 0 amide bonds. The third-order valence-corrected chi connectivity index (χ3v) is 1.97. The van der Waals surface area contributed by atoms with E-state index in [0.717, 1.165) is 6.29 Å². The number of aldehydes is 1. The molecule has 0 aliphatic carbocycles. The molecule has 1 aromatic carbocycles. The van der Waals surface area contributed by atoms with Crippen molar-refractivity contribution in [2.24, 2.45) is 5.92 Å². The van der Waals surface area contributed by atoms with Crippen molar-refractivity contribution in [2.75, 3.05) is 0 Å². The highest BCUT2D eigenvalue weighted by atomic mass is 19.1. The van der Waals surface area contributed by atoms with Crippen molar-refractivity contribution in [2.45, 2.75) is 13.3 Å². The van der Waals surface area contributed by atoms with Gasteiger partial charge in [0.1, 0.15) is 12.1 Å². The molecule has 0 radical (unpaired) electrons. The van der Waals surface area contributed by atoms with E-state index >= 15 is 0 Å². The van der Waals surface area contributed by atoms with E-state index in [4.69, 9.17) is 5.26 Å². The Morgan fingerprint density at radius 2 is 2.36 bits per heavy atom. The van der Waals surface area contributed by atoms with Crippen LogP contribution >= 0.6 is 0 Å². The van der Waals surface area contributed by atoms with Gasteiger partial charge in [0.2, 0.25) is 0 Å². The first-order valence-corrected chi connectivity index (χ1v) is 4.31. The molecule has 0 heterocycles. The summed E-state index contributed by atoms with van der Waals surface area (Å²) in [4.78, 5) is 10.4. The Kier molecular flexibility index (Phi) is 3.35. The van der Waals surface area contributed by atoms with Crippen molar-refractivity contribution >= 4 is 6.29 Å². The van der Waals surface area contributed by atoms with Gasteiger partial charge >= 0.3 is 0 Å². The van der Waals surface area contributed by atoms with Gasteiger partial charge in [-0.15, -0.1) is 0 Å². The Morgan fingerprint density at radius 1 is 1.64 bits per heavy atom. The topological polar surface area (TPSA) is 40.9 Å². The van der Waals surface area contributed by atoms with E-state index in [-0.39, 0.29) is 5.92 Å². The van der Waals surface area contributed by atoms with E-state index < -0.39 is 5.82 Å². The summed E-state index contributed by atoms with van der Waals surface area (Å²) in [5, 5.41) is 8.72. The zero-order valence-electron chi connectivity index (χ0n) is 7.83. The summed E-state index contributed by atoms with van der Waals surface area (Å²) < 4.78 is 12.7. The van der Waals surface area contributed by atoms with Crippen molar-refractivity contribution in [3.8, 4) is 6.07 Å². The van der Waals surface area contributed by atoms with Crippen LogP contribution in [-0.4, -0.2) is 6.29 Å². The highest BCUT2D eigenvalue weighted by Crippen LogP contribution is 2.14. The van der Waals surface area contributed by atoms with Gasteiger partial charge in [0.25, 0.3) is 0 Å². The minimum absolute atomic E-state index is 0.146. The van der Waals surface area contributed by atoms with E-state index in [0.29, 0.717) is 17.5 Å². The first-order chi connectivity index (χ1) is 6.67. The number of hydrogen-bond donors (Lipinski definition) is 0. The van der Waals surface area contributed by atoms with Crippen LogP contribution in [0.4, 0.5) is 4.39 Å². The van der Waals surface area contributed by atoms with Crippen molar-refractivity contribution in [3.63, 3.8) is 0 Å². The molecule has 1 aromatic rings. The quantitative estimate of drug-likeness (QED) is 0.686. The second-order valence-corrected chi connectivity index (χ2v) is 3.23. The third-order valence-electron chi connectivity index (χ3n) is 1.97. The summed E-state index contributed by atoms with van der Waals surface area (Å²) in [6.45, 7) is 1.76. The molecule has 0 saturated heterocycles. The Hall–Kier alpha value is -1.69. The van der Waals surface area contributed by atoms with Gasteiger partial charge in [-0.3, -0.25) is 0 Å². The molecule has 0 aliphatic heterocycles. The Bertz CT molecular complexity index is 381. The summed E-state index contributed by atoms with van der Waals surface area (Å²) in [6.07, 6.45) is 1.30. The molecule has 0 aromatic heterocycles. The molecule has 1 atom stereocenters. The summed E-state index contributed by atoms with van der Waals surface area (Å²) in [5.74, 6) is -0.573. The normalized spacial score (nSPS) is 11.8. The first-order valence-electron chi connectivity index (χ1n) is 4.31. The second kappa shape index (κ2) is 4.52. The van der Waals surface area contributed by atoms with Gasteiger partial charge in [-0.05, 0) is 24.1 Å². The molecule has 72 valence electrons. The molecule has 2 nitrogen and oxygen atoms in total. The molecule has 0 N–H and O–H groups in total. The fraction of sp³-hybridized carbons (Fsp3) is 0.273. The summed E-state index contributed by atoms with van der Waals surface area (Å²) in [6, 6.07) is 5.95. The lowest BCUT2D eigenvalue weighted by atomic mass is 9.98. The predicted octanol–water partition coefficient (Wildman–Crippen LogP) is 2.07. The van der Waals surface area contributed by atoms with Crippen LogP contribution in [-0.2, 0) is 11.2 Å². The number of hydrogen-bond acceptors (Lipinski definition) is 2. The smallest absolute Gasteiger partial charge is 0.124 e. The zero-order chi connectivity index (χ0) is 10.6. The molecule has 0 bridgehead atoms. The summed E-state index contributed by atoms with van der Waals surface area (Å²) in [7, 11) is 0. The fourth-order valence-electron chi connectivity index (χ4n) is 1.23. The van der Waals surface area contributed by atoms with Crippen LogP contribution in [0.3, 0.4) is 0 Å². The second-order valence-electron chi connectivity index (χ2n) is 3.23. The van der Waals surface area contributed by atoms with Crippen molar-refractivity contribution in [1.82, 2.24) is 0 Å². The number of halogens is 1. The van der Waals surface area contributed by atoms with Crippen LogP contribution in [0, 0.1) is 23.1 Å². The molecular weight excluding hydrogens is 181 g/mol. The standard InChI is InChI=1S/C11H10FNO/c1-8(7-14)4-9-2-3-11(12)5-10(9)6-13/h2-3,5,7-8H,4H2,1H3. The maximum absolute atomic E-state index is 12.7. The van der Waals surface area contributed by atoms with Gasteiger partial charge in [0.05, 0.1) is 11.6 Å². The van der Waals surface area contributed by atoms with Crippen LogP contribution in [0.5, 0.6) is 0 Å². The summed E-state index contributed by atoms with van der Waals surface area (Å²) in [5.41, 5.74) is 1.02.